The molecule has 1 heterocycles. The fourth-order valence-electron chi connectivity index (χ4n) is 4.20. The summed E-state index contributed by atoms with van der Waals surface area (Å²) in [6, 6.07) is 1.81. The second-order valence-electron chi connectivity index (χ2n) is 7.97. The number of hydrogen-bond donors (Lipinski definition) is 1. The van der Waals surface area contributed by atoms with Crippen molar-refractivity contribution in [1.82, 2.24) is 10.2 Å². The molecule has 2 amide bonds. The van der Waals surface area contributed by atoms with Gasteiger partial charge < -0.3 is 10.1 Å². The van der Waals surface area contributed by atoms with Crippen LogP contribution in [0.3, 0.4) is 0 Å². The SMILES string of the molecule is CC(C)NC(=O)[C@@H]1CO[C@@]2(CCC[C@H](C)C2)N1C(=O)c1cc(F)cc(F)c1. The molecule has 1 spiro atoms. The van der Waals surface area contributed by atoms with Gasteiger partial charge in [-0.05, 0) is 51.2 Å². The number of carbonyl (C=O) groups is 2. The van der Waals surface area contributed by atoms with Crippen LogP contribution in [-0.2, 0) is 9.53 Å². The number of amides is 2. The van der Waals surface area contributed by atoms with Crippen molar-refractivity contribution in [1.29, 1.82) is 0 Å². The van der Waals surface area contributed by atoms with Crippen molar-refractivity contribution in [2.45, 2.75) is 64.3 Å². The summed E-state index contributed by atoms with van der Waals surface area (Å²) in [6.07, 6.45) is 3.08. The zero-order valence-electron chi connectivity index (χ0n) is 15.9. The lowest BCUT2D eigenvalue weighted by atomic mass is 9.83. The van der Waals surface area contributed by atoms with Gasteiger partial charge in [0.15, 0.2) is 0 Å². The second kappa shape index (κ2) is 7.54. The molecule has 5 nitrogen and oxygen atoms in total. The number of ether oxygens (including phenoxy) is 1. The van der Waals surface area contributed by atoms with Crippen molar-refractivity contribution in [3.05, 3.63) is 35.4 Å². The van der Waals surface area contributed by atoms with E-state index in [2.05, 4.69) is 12.2 Å². The molecule has 2 aliphatic rings. The highest BCUT2D eigenvalue weighted by Crippen LogP contribution is 2.43. The average molecular weight is 380 g/mol. The molecule has 148 valence electrons. The highest BCUT2D eigenvalue weighted by molar-refractivity contribution is 5.98. The molecule has 3 rings (SSSR count). The first-order chi connectivity index (χ1) is 12.7. The predicted octanol–water partition coefficient (Wildman–Crippen LogP) is 3.24. The molecule has 1 aromatic carbocycles. The lowest BCUT2D eigenvalue weighted by molar-refractivity contribution is -0.128. The molecule has 7 heteroatoms. The third-order valence-corrected chi connectivity index (χ3v) is 5.25. The number of nitrogens with one attached hydrogen (secondary N) is 1. The molecular weight excluding hydrogens is 354 g/mol. The minimum absolute atomic E-state index is 0.0782. The molecule has 1 aromatic rings. The van der Waals surface area contributed by atoms with Crippen LogP contribution in [0.15, 0.2) is 18.2 Å². The van der Waals surface area contributed by atoms with Crippen LogP contribution in [0.2, 0.25) is 0 Å². The lowest BCUT2D eigenvalue weighted by Crippen LogP contribution is -2.57. The van der Waals surface area contributed by atoms with Gasteiger partial charge in [0.25, 0.3) is 5.91 Å². The van der Waals surface area contributed by atoms with Crippen LogP contribution in [0.4, 0.5) is 8.78 Å². The van der Waals surface area contributed by atoms with E-state index in [1.165, 1.54) is 4.90 Å². The van der Waals surface area contributed by atoms with Gasteiger partial charge in [-0.3, -0.25) is 14.5 Å². The number of benzene rings is 1. The van der Waals surface area contributed by atoms with Gasteiger partial charge in [-0.15, -0.1) is 0 Å². The maximum atomic E-state index is 13.7. The first-order valence-corrected chi connectivity index (χ1v) is 9.46. The molecule has 0 radical (unpaired) electrons. The van der Waals surface area contributed by atoms with Gasteiger partial charge >= 0.3 is 0 Å². The van der Waals surface area contributed by atoms with Gasteiger partial charge in [0.2, 0.25) is 5.91 Å². The number of carbonyl (C=O) groups excluding carboxylic acids is 2. The van der Waals surface area contributed by atoms with Crippen LogP contribution in [-0.4, -0.2) is 41.1 Å². The Bertz CT molecular complexity index is 720. The molecule has 0 unspecified atom stereocenters. The molecule has 3 atom stereocenters. The van der Waals surface area contributed by atoms with Crippen LogP contribution >= 0.6 is 0 Å². The number of nitrogens with zero attached hydrogens (tertiary/aromatic N) is 1. The Balaban J connectivity index is 1.99. The average Bonchev–Trinajstić information content (AvgIpc) is 2.91. The minimum atomic E-state index is -0.906. The standard InChI is InChI=1S/C20H26F2N2O3/c1-12(2)23-18(25)17-11-27-20(6-4-5-13(3)10-20)24(17)19(26)14-7-15(21)9-16(22)8-14/h7-9,12-13,17H,4-6,10-11H2,1-3H3,(H,23,25)/t13-,17-,20+/m0/s1. The molecule has 1 saturated carbocycles. The fourth-order valence-corrected chi connectivity index (χ4v) is 4.20. The molecule has 0 aromatic heterocycles. The lowest BCUT2D eigenvalue weighted by Gasteiger charge is -2.43. The van der Waals surface area contributed by atoms with Crippen LogP contribution in [0.1, 0.15) is 56.8 Å². The van der Waals surface area contributed by atoms with Gasteiger partial charge in [0.05, 0.1) is 6.61 Å². The smallest absolute Gasteiger partial charge is 0.257 e. The Kier molecular flexibility index (Phi) is 5.51. The summed E-state index contributed by atoms with van der Waals surface area (Å²) in [5, 5.41) is 2.82. The molecular formula is C20H26F2N2O3. The summed E-state index contributed by atoms with van der Waals surface area (Å²) in [7, 11) is 0. The molecule has 0 bridgehead atoms. The van der Waals surface area contributed by atoms with E-state index in [1.54, 1.807) is 0 Å². The van der Waals surface area contributed by atoms with Gasteiger partial charge in [-0.1, -0.05) is 13.3 Å². The van der Waals surface area contributed by atoms with Crippen molar-refractivity contribution in [3.8, 4) is 0 Å². The monoisotopic (exact) mass is 380 g/mol. The van der Waals surface area contributed by atoms with E-state index >= 15 is 0 Å². The second-order valence-corrected chi connectivity index (χ2v) is 7.97. The zero-order chi connectivity index (χ0) is 19.8. The molecule has 1 aliphatic heterocycles. The van der Waals surface area contributed by atoms with E-state index in [-0.39, 0.29) is 24.1 Å². The fraction of sp³-hybridized carbons (Fsp3) is 0.600. The molecule has 1 aliphatic carbocycles. The Morgan fingerprint density at radius 1 is 1.26 bits per heavy atom. The predicted molar refractivity (Wildman–Crippen MR) is 95.9 cm³/mol. The Morgan fingerprint density at radius 3 is 2.52 bits per heavy atom. The quantitative estimate of drug-likeness (QED) is 0.876. The van der Waals surface area contributed by atoms with Crippen molar-refractivity contribution in [2.75, 3.05) is 6.61 Å². The Morgan fingerprint density at radius 2 is 1.93 bits per heavy atom. The number of hydrogen-bond acceptors (Lipinski definition) is 3. The van der Waals surface area contributed by atoms with Crippen molar-refractivity contribution < 1.29 is 23.1 Å². The summed E-state index contributed by atoms with van der Waals surface area (Å²) in [5.74, 6) is -2.22. The van der Waals surface area contributed by atoms with E-state index in [1.807, 2.05) is 13.8 Å². The van der Waals surface area contributed by atoms with Crippen molar-refractivity contribution in [2.24, 2.45) is 5.92 Å². The van der Waals surface area contributed by atoms with Crippen molar-refractivity contribution >= 4 is 11.8 Å². The molecule has 27 heavy (non-hydrogen) atoms. The van der Waals surface area contributed by atoms with Crippen LogP contribution in [0, 0.1) is 17.6 Å². The molecule has 1 saturated heterocycles. The zero-order valence-corrected chi connectivity index (χ0v) is 15.9. The van der Waals surface area contributed by atoms with Gasteiger partial charge in [0.1, 0.15) is 23.4 Å². The maximum Gasteiger partial charge on any atom is 0.257 e. The van der Waals surface area contributed by atoms with Crippen LogP contribution in [0.25, 0.3) is 0 Å². The molecule has 2 fully saturated rings. The minimum Gasteiger partial charge on any atom is -0.353 e. The van der Waals surface area contributed by atoms with Gasteiger partial charge in [-0.25, -0.2) is 8.78 Å². The summed E-state index contributed by atoms with van der Waals surface area (Å²) >= 11 is 0. The normalized spacial score (nSPS) is 28.0. The first kappa shape index (κ1) is 19.7. The summed E-state index contributed by atoms with van der Waals surface area (Å²) in [4.78, 5) is 27.4. The van der Waals surface area contributed by atoms with E-state index in [0.29, 0.717) is 18.8 Å². The molecule has 1 N–H and O–H groups in total. The van der Waals surface area contributed by atoms with E-state index in [0.717, 1.165) is 31.0 Å². The van der Waals surface area contributed by atoms with Crippen LogP contribution < -0.4 is 5.32 Å². The third kappa shape index (κ3) is 3.98. The van der Waals surface area contributed by atoms with Crippen LogP contribution in [0.5, 0.6) is 0 Å². The number of halogens is 2. The summed E-state index contributed by atoms with van der Waals surface area (Å²) in [6.45, 7) is 5.83. The Labute approximate surface area is 158 Å². The largest absolute Gasteiger partial charge is 0.353 e. The summed E-state index contributed by atoms with van der Waals surface area (Å²) < 4.78 is 33.4. The Hall–Kier alpha value is -2.02. The summed E-state index contributed by atoms with van der Waals surface area (Å²) in [5.41, 5.74) is -1.02. The van der Waals surface area contributed by atoms with E-state index < -0.39 is 29.3 Å². The van der Waals surface area contributed by atoms with Gasteiger partial charge in [-0.2, -0.15) is 0 Å². The highest BCUT2D eigenvalue weighted by Gasteiger charge is 2.54. The topological polar surface area (TPSA) is 58.6 Å². The first-order valence-electron chi connectivity index (χ1n) is 9.46. The highest BCUT2D eigenvalue weighted by atomic mass is 19.1. The van der Waals surface area contributed by atoms with Gasteiger partial charge in [0, 0.05) is 17.7 Å². The van der Waals surface area contributed by atoms with E-state index in [4.69, 9.17) is 4.74 Å². The van der Waals surface area contributed by atoms with E-state index in [9.17, 15) is 18.4 Å². The maximum absolute atomic E-state index is 13.7. The van der Waals surface area contributed by atoms with Crippen molar-refractivity contribution in [3.63, 3.8) is 0 Å². The third-order valence-electron chi connectivity index (χ3n) is 5.25. The number of rotatable bonds is 3.